The monoisotopic (exact) mass is 522 g/mol. The standard InChI is InChI=1S/C30H31FO7/c1-30(2,34)13-14-35-19-3-5-20(6-4-19)37-25-12-10-24(31)29-23(25)9-11-26(29)38-21-7-8-22-18(15-28(32)33)17-36-27(22)16-21/h3-8,10,12,16,18,26,34H,9,11,13-15,17H2,1-2H3,(H,32,33)/t18-,26-/m1/s1. The lowest BCUT2D eigenvalue weighted by Crippen LogP contribution is -2.21. The number of fused-ring (bicyclic) bond motifs is 2. The highest BCUT2D eigenvalue weighted by atomic mass is 19.1. The van der Waals surface area contributed by atoms with Crippen molar-refractivity contribution in [2.24, 2.45) is 0 Å². The first kappa shape index (κ1) is 25.9. The summed E-state index contributed by atoms with van der Waals surface area (Å²) in [7, 11) is 0. The number of ether oxygens (including phenoxy) is 4. The number of hydrogen-bond acceptors (Lipinski definition) is 6. The molecule has 0 radical (unpaired) electrons. The largest absolute Gasteiger partial charge is 0.493 e. The Kier molecular flexibility index (Phi) is 7.17. The highest BCUT2D eigenvalue weighted by molar-refractivity contribution is 5.68. The number of carboxylic acid groups (broad SMARTS) is 1. The van der Waals surface area contributed by atoms with Crippen LogP contribution in [-0.2, 0) is 11.2 Å². The van der Waals surface area contributed by atoms with E-state index >= 15 is 0 Å². The number of aliphatic carboxylic acids is 1. The fourth-order valence-electron chi connectivity index (χ4n) is 4.88. The van der Waals surface area contributed by atoms with Crippen molar-refractivity contribution in [2.45, 2.75) is 57.2 Å². The predicted molar refractivity (Wildman–Crippen MR) is 138 cm³/mol. The van der Waals surface area contributed by atoms with Gasteiger partial charge in [0.15, 0.2) is 0 Å². The molecule has 5 rings (SSSR count). The lowest BCUT2D eigenvalue weighted by atomic mass is 9.98. The van der Waals surface area contributed by atoms with Crippen LogP contribution < -0.4 is 18.9 Å². The van der Waals surface area contributed by atoms with E-state index in [9.17, 15) is 14.3 Å². The summed E-state index contributed by atoms with van der Waals surface area (Å²) in [5.74, 6) is 1.61. The highest BCUT2D eigenvalue weighted by Gasteiger charge is 2.32. The molecule has 0 aromatic heterocycles. The van der Waals surface area contributed by atoms with Crippen LogP contribution in [0.2, 0.25) is 0 Å². The molecule has 0 spiro atoms. The molecule has 8 heteroatoms. The molecule has 1 aliphatic carbocycles. The van der Waals surface area contributed by atoms with E-state index in [1.54, 1.807) is 56.3 Å². The first-order valence-corrected chi connectivity index (χ1v) is 12.8. The van der Waals surface area contributed by atoms with Crippen molar-refractivity contribution >= 4 is 5.97 Å². The van der Waals surface area contributed by atoms with Gasteiger partial charge in [-0.1, -0.05) is 6.07 Å². The molecule has 3 aromatic rings. The number of hydrogen-bond donors (Lipinski definition) is 2. The van der Waals surface area contributed by atoms with Crippen LogP contribution in [0.1, 0.15) is 61.8 Å². The summed E-state index contributed by atoms with van der Waals surface area (Å²) in [6, 6.07) is 15.6. The quantitative estimate of drug-likeness (QED) is 0.329. The van der Waals surface area contributed by atoms with Gasteiger partial charge >= 0.3 is 5.97 Å². The van der Waals surface area contributed by atoms with E-state index in [2.05, 4.69) is 0 Å². The van der Waals surface area contributed by atoms with Gasteiger partial charge in [0.1, 0.15) is 40.7 Å². The van der Waals surface area contributed by atoms with Gasteiger partial charge in [0.25, 0.3) is 0 Å². The molecule has 7 nitrogen and oxygen atoms in total. The number of rotatable bonds is 10. The SMILES string of the molecule is CC(C)(O)CCOc1ccc(Oc2ccc(F)c3c2CC[C@H]3Oc2ccc3c(c2)OC[C@H]3CC(=O)O)cc1. The molecule has 3 aromatic carbocycles. The van der Waals surface area contributed by atoms with Crippen LogP contribution in [0.5, 0.6) is 28.7 Å². The number of carbonyl (C=O) groups is 1. The van der Waals surface area contributed by atoms with Crippen LogP contribution in [0.15, 0.2) is 54.6 Å². The Hall–Kier alpha value is -3.78. The van der Waals surface area contributed by atoms with Gasteiger partial charge in [-0.05, 0) is 69.2 Å². The van der Waals surface area contributed by atoms with Gasteiger partial charge in [-0.15, -0.1) is 0 Å². The average Bonchev–Trinajstić information content (AvgIpc) is 3.46. The smallest absolute Gasteiger partial charge is 0.304 e. The van der Waals surface area contributed by atoms with E-state index in [1.165, 1.54) is 6.07 Å². The Bertz CT molecular complexity index is 1310. The summed E-state index contributed by atoms with van der Waals surface area (Å²) in [5, 5.41) is 18.9. The third-order valence-corrected chi connectivity index (χ3v) is 6.84. The molecule has 0 saturated carbocycles. The minimum Gasteiger partial charge on any atom is -0.493 e. The zero-order valence-electron chi connectivity index (χ0n) is 21.4. The zero-order valence-corrected chi connectivity index (χ0v) is 21.4. The van der Waals surface area contributed by atoms with E-state index in [0.717, 1.165) is 11.1 Å². The minimum absolute atomic E-state index is 0.00893. The van der Waals surface area contributed by atoms with Gasteiger partial charge in [0, 0.05) is 35.1 Å². The molecule has 38 heavy (non-hydrogen) atoms. The Morgan fingerprint density at radius 2 is 1.82 bits per heavy atom. The second kappa shape index (κ2) is 10.5. The van der Waals surface area contributed by atoms with Crippen molar-refractivity contribution in [2.75, 3.05) is 13.2 Å². The first-order chi connectivity index (χ1) is 18.2. The van der Waals surface area contributed by atoms with E-state index in [-0.39, 0.29) is 18.2 Å². The Balaban J connectivity index is 1.27. The first-order valence-electron chi connectivity index (χ1n) is 12.8. The molecule has 0 fully saturated rings. The third-order valence-electron chi connectivity index (χ3n) is 6.84. The van der Waals surface area contributed by atoms with Crippen molar-refractivity contribution in [1.29, 1.82) is 0 Å². The maximum Gasteiger partial charge on any atom is 0.304 e. The Morgan fingerprint density at radius 3 is 2.55 bits per heavy atom. The number of halogens is 1. The van der Waals surface area contributed by atoms with Crippen LogP contribution in [0, 0.1) is 5.82 Å². The maximum atomic E-state index is 15.0. The highest BCUT2D eigenvalue weighted by Crippen LogP contribution is 2.44. The molecule has 200 valence electrons. The Morgan fingerprint density at radius 1 is 1.08 bits per heavy atom. The van der Waals surface area contributed by atoms with Crippen molar-refractivity contribution in [3.05, 3.63) is 77.1 Å². The predicted octanol–water partition coefficient (Wildman–Crippen LogP) is 6.17. The van der Waals surface area contributed by atoms with Gasteiger partial charge < -0.3 is 29.2 Å². The molecule has 2 N–H and O–H groups in total. The molecular formula is C30H31FO7. The fourth-order valence-corrected chi connectivity index (χ4v) is 4.88. The fraction of sp³-hybridized carbons (Fsp3) is 0.367. The zero-order chi connectivity index (χ0) is 26.9. The number of carboxylic acids is 1. The number of aliphatic hydroxyl groups is 1. The van der Waals surface area contributed by atoms with Crippen LogP contribution in [-0.4, -0.2) is 35.0 Å². The number of benzene rings is 3. The molecular weight excluding hydrogens is 491 g/mol. The molecule has 0 saturated heterocycles. The van der Waals surface area contributed by atoms with E-state index < -0.39 is 17.7 Å². The molecule has 1 heterocycles. The van der Waals surface area contributed by atoms with E-state index in [1.807, 2.05) is 6.07 Å². The van der Waals surface area contributed by atoms with Crippen LogP contribution in [0.3, 0.4) is 0 Å². The summed E-state index contributed by atoms with van der Waals surface area (Å²) in [6.07, 6.45) is 1.25. The molecule has 1 aliphatic heterocycles. The van der Waals surface area contributed by atoms with Crippen LogP contribution >= 0.6 is 0 Å². The van der Waals surface area contributed by atoms with Gasteiger partial charge in [-0.2, -0.15) is 0 Å². The van der Waals surface area contributed by atoms with Crippen molar-refractivity contribution in [1.82, 2.24) is 0 Å². The second-order valence-electron chi connectivity index (χ2n) is 10.4. The minimum atomic E-state index is -0.866. The molecule has 2 atom stereocenters. The summed E-state index contributed by atoms with van der Waals surface area (Å²) in [4.78, 5) is 11.1. The van der Waals surface area contributed by atoms with Crippen molar-refractivity contribution < 1.29 is 38.3 Å². The summed E-state index contributed by atoms with van der Waals surface area (Å²) in [6.45, 7) is 4.20. The van der Waals surface area contributed by atoms with Crippen LogP contribution in [0.25, 0.3) is 0 Å². The summed E-state index contributed by atoms with van der Waals surface area (Å²) >= 11 is 0. The topological polar surface area (TPSA) is 94.5 Å². The Labute approximate surface area is 220 Å². The maximum absolute atomic E-state index is 15.0. The van der Waals surface area contributed by atoms with Gasteiger partial charge in [0.05, 0.1) is 25.2 Å². The average molecular weight is 523 g/mol. The third kappa shape index (κ3) is 5.86. The lowest BCUT2D eigenvalue weighted by molar-refractivity contribution is -0.137. The normalized spacial score (nSPS) is 17.9. The molecule has 2 aliphatic rings. The van der Waals surface area contributed by atoms with Gasteiger partial charge in [-0.3, -0.25) is 4.79 Å². The van der Waals surface area contributed by atoms with Crippen molar-refractivity contribution in [3.63, 3.8) is 0 Å². The molecule has 0 amide bonds. The second-order valence-corrected chi connectivity index (χ2v) is 10.4. The van der Waals surface area contributed by atoms with Crippen molar-refractivity contribution in [3.8, 4) is 28.7 Å². The summed E-state index contributed by atoms with van der Waals surface area (Å²) < 4.78 is 38.6. The molecule has 0 unspecified atom stereocenters. The molecule has 0 bridgehead atoms. The lowest BCUT2D eigenvalue weighted by Gasteiger charge is -2.18. The van der Waals surface area contributed by atoms with Crippen LogP contribution in [0.4, 0.5) is 4.39 Å². The van der Waals surface area contributed by atoms with E-state index in [4.69, 9.17) is 24.1 Å². The summed E-state index contributed by atoms with van der Waals surface area (Å²) in [5.41, 5.74) is 1.33. The van der Waals surface area contributed by atoms with Gasteiger partial charge in [-0.25, -0.2) is 4.39 Å². The van der Waals surface area contributed by atoms with E-state index in [0.29, 0.717) is 66.8 Å². The van der Waals surface area contributed by atoms with Gasteiger partial charge in [0.2, 0.25) is 0 Å².